The average Bonchev–Trinajstić information content (AvgIpc) is 2.83. The van der Waals surface area contributed by atoms with Gasteiger partial charge in [0, 0.05) is 5.56 Å². The molecule has 0 aliphatic heterocycles. The number of carbonyl (C=O) groups excluding carboxylic acids is 1. The summed E-state index contributed by atoms with van der Waals surface area (Å²) in [5, 5.41) is 9.24. The Labute approximate surface area is 121 Å². The number of aromatic nitrogens is 3. The van der Waals surface area contributed by atoms with Crippen LogP contribution in [-0.4, -0.2) is 26.9 Å². The lowest BCUT2D eigenvalue weighted by molar-refractivity contribution is 0.0522. The number of aromatic amines is 1. The lowest BCUT2D eigenvalue weighted by Gasteiger charge is -2.19. The standard InChI is InChI=1S/C14H17FN4O2/c1-14(2,3)21-13(20)16-8-11-17-12(19-18-11)9-5-4-6-10(15)7-9/h4-7H,8H2,1-3H3,(H,16,20)(H,17,18,19). The second kappa shape index (κ2) is 5.90. The number of ether oxygens (including phenoxy) is 1. The van der Waals surface area contributed by atoms with Crippen LogP contribution in [0.4, 0.5) is 9.18 Å². The summed E-state index contributed by atoms with van der Waals surface area (Å²) >= 11 is 0. The molecule has 0 aliphatic carbocycles. The predicted octanol–water partition coefficient (Wildman–Crippen LogP) is 2.64. The van der Waals surface area contributed by atoms with Gasteiger partial charge in [0.05, 0.1) is 6.54 Å². The number of halogens is 1. The predicted molar refractivity (Wildman–Crippen MR) is 74.9 cm³/mol. The van der Waals surface area contributed by atoms with Crippen LogP contribution in [0, 0.1) is 5.82 Å². The number of rotatable bonds is 3. The van der Waals surface area contributed by atoms with Gasteiger partial charge in [0.1, 0.15) is 17.2 Å². The fourth-order valence-electron chi connectivity index (χ4n) is 1.60. The quantitative estimate of drug-likeness (QED) is 0.911. The van der Waals surface area contributed by atoms with Crippen molar-refractivity contribution in [2.24, 2.45) is 0 Å². The van der Waals surface area contributed by atoms with Gasteiger partial charge in [0.25, 0.3) is 0 Å². The number of hydrogen-bond donors (Lipinski definition) is 2. The molecule has 7 heteroatoms. The second-order valence-electron chi connectivity index (χ2n) is 5.47. The molecule has 0 aliphatic rings. The Morgan fingerprint density at radius 1 is 1.43 bits per heavy atom. The zero-order chi connectivity index (χ0) is 15.5. The highest BCUT2D eigenvalue weighted by molar-refractivity contribution is 5.67. The molecular formula is C14H17FN4O2. The Bertz CT molecular complexity index is 634. The molecule has 0 unspecified atom stereocenters. The van der Waals surface area contributed by atoms with Crippen molar-refractivity contribution >= 4 is 6.09 Å². The third kappa shape index (κ3) is 4.55. The molecule has 2 aromatic rings. The molecule has 0 bridgehead atoms. The molecule has 2 N–H and O–H groups in total. The van der Waals surface area contributed by atoms with E-state index in [-0.39, 0.29) is 12.4 Å². The van der Waals surface area contributed by atoms with Gasteiger partial charge >= 0.3 is 6.09 Å². The van der Waals surface area contributed by atoms with Gasteiger partial charge < -0.3 is 10.1 Å². The van der Waals surface area contributed by atoms with Crippen LogP contribution in [0.5, 0.6) is 0 Å². The van der Waals surface area contributed by atoms with Gasteiger partial charge in [-0.2, -0.15) is 5.10 Å². The minimum atomic E-state index is -0.557. The number of carbonyl (C=O) groups is 1. The molecule has 0 saturated carbocycles. The van der Waals surface area contributed by atoms with E-state index in [0.29, 0.717) is 17.2 Å². The van der Waals surface area contributed by atoms with Crippen molar-refractivity contribution in [3.05, 3.63) is 35.9 Å². The number of H-pyrrole nitrogens is 1. The van der Waals surface area contributed by atoms with Crippen molar-refractivity contribution in [2.45, 2.75) is 32.9 Å². The number of amides is 1. The zero-order valence-corrected chi connectivity index (χ0v) is 12.1. The van der Waals surface area contributed by atoms with Crippen molar-refractivity contribution in [3.8, 4) is 11.4 Å². The van der Waals surface area contributed by atoms with Gasteiger partial charge in [-0.15, -0.1) is 0 Å². The summed E-state index contributed by atoms with van der Waals surface area (Å²) in [6, 6.07) is 5.98. The number of nitrogens with one attached hydrogen (secondary N) is 2. The van der Waals surface area contributed by atoms with Crippen molar-refractivity contribution in [3.63, 3.8) is 0 Å². The van der Waals surface area contributed by atoms with Crippen molar-refractivity contribution in [1.29, 1.82) is 0 Å². The summed E-state index contributed by atoms with van der Waals surface area (Å²) in [5.74, 6) is 0.473. The summed E-state index contributed by atoms with van der Waals surface area (Å²) in [6.45, 7) is 5.49. The van der Waals surface area contributed by atoms with Crippen LogP contribution in [0.2, 0.25) is 0 Å². The fraction of sp³-hybridized carbons (Fsp3) is 0.357. The smallest absolute Gasteiger partial charge is 0.408 e. The van der Waals surface area contributed by atoms with E-state index in [9.17, 15) is 9.18 Å². The van der Waals surface area contributed by atoms with Gasteiger partial charge in [-0.05, 0) is 32.9 Å². The van der Waals surface area contributed by atoms with Gasteiger partial charge in [-0.3, -0.25) is 5.10 Å². The minimum Gasteiger partial charge on any atom is -0.444 e. The number of alkyl carbamates (subject to hydrolysis) is 1. The lowest BCUT2D eigenvalue weighted by Crippen LogP contribution is -2.32. The van der Waals surface area contributed by atoms with Crippen LogP contribution >= 0.6 is 0 Å². The molecule has 1 heterocycles. The molecule has 1 aromatic carbocycles. The van der Waals surface area contributed by atoms with Crippen molar-refractivity contribution < 1.29 is 13.9 Å². The molecule has 1 amide bonds. The molecule has 0 saturated heterocycles. The first-order valence-corrected chi connectivity index (χ1v) is 6.47. The third-order valence-electron chi connectivity index (χ3n) is 2.41. The molecule has 112 valence electrons. The number of hydrogen-bond acceptors (Lipinski definition) is 4. The maximum Gasteiger partial charge on any atom is 0.408 e. The molecule has 0 fully saturated rings. The van der Waals surface area contributed by atoms with E-state index in [4.69, 9.17) is 4.74 Å². The lowest BCUT2D eigenvalue weighted by atomic mass is 10.2. The van der Waals surface area contributed by atoms with Crippen molar-refractivity contribution in [1.82, 2.24) is 20.5 Å². The number of nitrogens with zero attached hydrogens (tertiary/aromatic N) is 2. The van der Waals surface area contributed by atoms with E-state index in [1.807, 2.05) is 0 Å². The van der Waals surface area contributed by atoms with E-state index < -0.39 is 11.7 Å². The Morgan fingerprint density at radius 2 is 2.19 bits per heavy atom. The Hall–Kier alpha value is -2.44. The van der Waals surface area contributed by atoms with Gasteiger partial charge in [-0.25, -0.2) is 14.2 Å². The summed E-state index contributed by atoms with van der Waals surface area (Å²) in [7, 11) is 0. The van der Waals surface area contributed by atoms with E-state index in [0.717, 1.165) is 0 Å². The number of benzene rings is 1. The van der Waals surface area contributed by atoms with Crippen LogP contribution < -0.4 is 5.32 Å². The molecule has 0 radical (unpaired) electrons. The summed E-state index contributed by atoms with van der Waals surface area (Å²) in [4.78, 5) is 15.7. The maximum absolute atomic E-state index is 13.1. The molecule has 21 heavy (non-hydrogen) atoms. The normalized spacial score (nSPS) is 11.2. The van der Waals surface area contributed by atoms with Gasteiger partial charge in [-0.1, -0.05) is 12.1 Å². The maximum atomic E-state index is 13.1. The first kappa shape index (κ1) is 15.0. The van der Waals surface area contributed by atoms with Crippen LogP contribution in [0.1, 0.15) is 26.6 Å². The third-order valence-corrected chi connectivity index (χ3v) is 2.41. The molecule has 0 spiro atoms. The molecule has 2 rings (SSSR count). The zero-order valence-electron chi connectivity index (χ0n) is 12.1. The minimum absolute atomic E-state index is 0.150. The SMILES string of the molecule is CC(C)(C)OC(=O)NCc1nc(-c2cccc(F)c2)n[nH]1. The molecular weight excluding hydrogens is 275 g/mol. The first-order valence-electron chi connectivity index (χ1n) is 6.47. The van der Waals surface area contributed by atoms with E-state index in [2.05, 4.69) is 20.5 Å². The fourth-order valence-corrected chi connectivity index (χ4v) is 1.60. The van der Waals surface area contributed by atoms with E-state index in [1.54, 1.807) is 32.9 Å². The van der Waals surface area contributed by atoms with E-state index in [1.165, 1.54) is 12.1 Å². The van der Waals surface area contributed by atoms with Gasteiger partial charge in [0.15, 0.2) is 5.82 Å². The van der Waals surface area contributed by atoms with Crippen molar-refractivity contribution in [2.75, 3.05) is 0 Å². The Balaban J connectivity index is 1.96. The second-order valence-corrected chi connectivity index (χ2v) is 5.47. The first-order chi connectivity index (χ1) is 9.83. The molecule has 0 atom stereocenters. The van der Waals surface area contributed by atoms with Gasteiger partial charge in [0.2, 0.25) is 0 Å². The van der Waals surface area contributed by atoms with Crippen LogP contribution in [0.25, 0.3) is 11.4 Å². The van der Waals surface area contributed by atoms with E-state index >= 15 is 0 Å². The summed E-state index contributed by atoms with van der Waals surface area (Å²) < 4.78 is 18.2. The summed E-state index contributed by atoms with van der Waals surface area (Å²) in [6.07, 6.45) is -0.536. The highest BCUT2D eigenvalue weighted by atomic mass is 19.1. The largest absolute Gasteiger partial charge is 0.444 e. The van der Waals surface area contributed by atoms with Crippen LogP contribution in [0.3, 0.4) is 0 Å². The highest BCUT2D eigenvalue weighted by Gasteiger charge is 2.16. The molecule has 1 aromatic heterocycles. The Kier molecular flexibility index (Phi) is 4.21. The average molecular weight is 292 g/mol. The van der Waals surface area contributed by atoms with Crippen LogP contribution in [-0.2, 0) is 11.3 Å². The Morgan fingerprint density at radius 3 is 2.86 bits per heavy atom. The topological polar surface area (TPSA) is 79.9 Å². The molecule has 6 nitrogen and oxygen atoms in total. The van der Waals surface area contributed by atoms with Crippen LogP contribution in [0.15, 0.2) is 24.3 Å². The monoisotopic (exact) mass is 292 g/mol. The highest BCUT2D eigenvalue weighted by Crippen LogP contribution is 2.15. The summed E-state index contributed by atoms with van der Waals surface area (Å²) in [5.41, 5.74) is 0.00728.